The maximum absolute atomic E-state index is 10.6. The van der Waals surface area contributed by atoms with E-state index in [4.69, 9.17) is 5.11 Å². The zero-order valence-corrected chi connectivity index (χ0v) is 11.1. The van der Waals surface area contributed by atoms with Crippen LogP contribution in [0.2, 0.25) is 0 Å². The first-order valence-corrected chi connectivity index (χ1v) is 6.10. The third-order valence-electron chi connectivity index (χ3n) is 3.29. The van der Waals surface area contributed by atoms with Gasteiger partial charge >= 0.3 is 5.97 Å². The first-order valence-electron chi connectivity index (χ1n) is 6.10. The molecule has 1 aromatic carbocycles. The van der Waals surface area contributed by atoms with Gasteiger partial charge in [0.2, 0.25) is 0 Å². The van der Waals surface area contributed by atoms with Gasteiger partial charge in [-0.2, -0.15) is 0 Å². The number of nitrogens with one attached hydrogen (secondary N) is 1. The van der Waals surface area contributed by atoms with Crippen molar-refractivity contribution in [3.05, 3.63) is 34.9 Å². The fraction of sp³-hybridized carbons (Fsp3) is 0.500. The number of carbonyl (C=O) groups is 1. The molecule has 4 nitrogen and oxygen atoms in total. The monoisotopic (exact) mass is 251 g/mol. The second-order valence-corrected chi connectivity index (χ2v) is 4.62. The molecule has 3 N–H and O–H groups in total. The molecular weight excluding hydrogens is 230 g/mol. The van der Waals surface area contributed by atoms with E-state index in [1.165, 1.54) is 5.56 Å². The highest BCUT2D eigenvalue weighted by Crippen LogP contribution is 2.22. The number of aliphatic carboxylic acids is 1. The van der Waals surface area contributed by atoms with Crippen LogP contribution in [0.5, 0.6) is 0 Å². The summed E-state index contributed by atoms with van der Waals surface area (Å²) in [5, 5.41) is 21.9. The summed E-state index contributed by atoms with van der Waals surface area (Å²) in [5.74, 6) is -0.845. The highest BCUT2D eigenvalue weighted by Gasteiger charge is 2.20. The number of aliphatic hydroxyl groups is 1. The Morgan fingerprint density at radius 1 is 1.33 bits per heavy atom. The molecule has 0 saturated heterocycles. The predicted octanol–water partition coefficient (Wildman–Crippen LogP) is 1.79. The van der Waals surface area contributed by atoms with E-state index in [0.29, 0.717) is 6.42 Å². The molecule has 0 fully saturated rings. The van der Waals surface area contributed by atoms with Gasteiger partial charge in [-0.3, -0.25) is 4.79 Å². The van der Waals surface area contributed by atoms with Crippen molar-refractivity contribution in [2.75, 3.05) is 7.05 Å². The van der Waals surface area contributed by atoms with E-state index in [1.54, 1.807) is 7.05 Å². The maximum Gasteiger partial charge on any atom is 0.303 e. The number of hydrogen-bond acceptors (Lipinski definition) is 3. The largest absolute Gasteiger partial charge is 0.481 e. The first-order chi connectivity index (χ1) is 8.45. The summed E-state index contributed by atoms with van der Waals surface area (Å²) < 4.78 is 0. The van der Waals surface area contributed by atoms with E-state index in [2.05, 4.69) is 5.32 Å². The third kappa shape index (κ3) is 3.82. The summed E-state index contributed by atoms with van der Waals surface area (Å²) >= 11 is 0. The molecule has 18 heavy (non-hydrogen) atoms. The van der Waals surface area contributed by atoms with Gasteiger partial charge in [-0.25, -0.2) is 0 Å². The molecule has 2 atom stereocenters. The number of carboxylic acids is 1. The topological polar surface area (TPSA) is 69.6 Å². The molecule has 4 heteroatoms. The number of likely N-dealkylation sites (N-methyl/N-ethyl adjacent to an activating group) is 1. The van der Waals surface area contributed by atoms with Gasteiger partial charge in [0.15, 0.2) is 0 Å². The van der Waals surface area contributed by atoms with Crippen LogP contribution in [-0.2, 0) is 4.79 Å². The molecule has 0 saturated carbocycles. The molecule has 0 aliphatic heterocycles. The Kier molecular flexibility index (Phi) is 5.31. The van der Waals surface area contributed by atoms with E-state index >= 15 is 0 Å². The Balaban J connectivity index is 2.78. The normalized spacial score (nSPS) is 14.2. The lowest BCUT2D eigenvalue weighted by Gasteiger charge is -2.22. The van der Waals surface area contributed by atoms with Gasteiger partial charge < -0.3 is 15.5 Å². The molecule has 0 bridgehead atoms. The molecule has 0 aromatic heterocycles. The summed E-state index contributed by atoms with van der Waals surface area (Å²) in [6.45, 7) is 4.02. The van der Waals surface area contributed by atoms with Crippen molar-refractivity contribution in [1.82, 2.24) is 5.32 Å². The second-order valence-electron chi connectivity index (χ2n) is 4.62. The SMILES string of the molecule is CNC(CCC(=O)O)C(O)c1ccc(C)c(C)c1. The molecule has 0 amide bonds. The van der Waals surface area contributed by atoms with Crippen molar-refractivity contribution in [2.24, 2.45) is 0 Å². The third-order valence-corrected chi connectivity index (χ3v) is 3.29. The molecule has 0 heterocycles. The average Bonchev–Trinajstić information content (AvgIpc) is 2.32. The van der Waals surface area contributed by atoms with Crippen LogP contribution in [0.3, 0.4) is 0 Å². The van der Waals surface area contributed by atoms with Crippen LogP contribution in [0.15, 0.2) is 18.2 Å². The van der Waals surface area contributed by atoms with E-state index < -0.39 is 12.1 Å². The molecule has 0 spiro atoms. The number of aliphatic hydroxyl groups excluding tert-OH is 1. The van der Waals surface area contributed by atoms with Crippen molar-refractivity contribution in [3.8, 4) is 0 Å². The fourth-order valence-corrected chi connectivity index (χ4v) is 1.92. The Bertz CT molecular complexity index is 418. The van der Waals surface area contributed by atoms with Crippen LogP contribution in [-0.4, -0.2) is 29.3 Å². The molecule has 1 aromatic rings. The Morgan fingerprint density at radius 3 is 2.50 bits per heavy atom. The smallest absolute Gasteiger partial charge is 0.303 e. The zero-order chi connectivity index (χ0) is 13.7. The highest BCUT2D eigenvalue weighted by molar-refractivity contribution is 5.66. The Morgan fingerprint density at radius 2 is 2.00 bits per heavy atom. The molecule has 0 aliphatic rings. The zero-order valence-electron chi connectivity index (χ0n) is 11.1. The quantitative estimate of drug-likeness (QED) is 0.721. The summed E-state index contributed by atoms with van der Waals surface area (Å²) in [6.07, 6.45) is -0.235. The summed E-state index contributed by atoms with van der Waals surface area (Å²) in [4.78, 5) is 10.6. The van der Waals surface area contributed by atoms with Crippen LogP contribution in [0.4, 0.5) is 0 Å². The Labute approximate surface area is 108 Å². The number of benzene rings is 1. The van der Waals surface area contributed by atoms with Gasteiger partial charge in [-0.05, 0) is 44.0 Å². The highest BCUT2D eigenvalue weighted by atomic mass is 16.4. The van der Waals surface area contributed by atoms with E-state index in [-0.39, 0.29) is 12.5 Å². The number of rotatable bonds is 6. The van der Waals surface area contributed by atoms with Gasteiger partial charge in [0.1, 0.15) is 0 Å². The standard InChI is InChI=1S/C14H21NO3/c1-9-4-5-11(8-10(9)2)14(18)12(15-3)6-7-13(16)17/h4-5,8,12,14-15,18H,6-7H2,1-3H3,(H,16,17). The van der Waals surface area contributed by atoms with Crippen molar-refractivity contribution in [1.29, 1.82) is 0 Å². The summed E-state index contributed by atoms with van der Waals surface area (Å²) in [7, 11) is 1.73. The minimum Gasteiger partial charge on any atom is -0.481 e. The van der Waals surface area contributed by atoms with Crippen LogP contribution in [0.25, 0.3) is 0 Å². The van der Waals surface area contributed by atoms with Gasteiger partial charge in [0.05, 0.1) is 6.10 Å². The number of aryl methyl sites for hydroxylation is 2. The van der Waals surface area contributed by atoms with Gasteiger partial charge in [0, 0.05) is 12.5 Å². The van der Waals surface area contributed by atoms with E-state index in [9.17, 15) is 9.90 Å². The Hall–Kier alpha value is -1.39. The van der Waals surface area contributed by atoms with Crippen LogP contribution in [0, 0.1) is 13.8 Å². The van der Waals surface area contributed by atoms with Gasteiger partial charge in [0.25, 0.3) is 0 Å². The molecule has 1 rings (SSSR count). The molecular formula is C14H21NO3. The summed E-state index contributed by atoms with van der Waals surface area (Å²) in [5.41, 5.74) is 3.12. The summed E-state index contributed by atoms with van der Waals surface area (Å²) in [6, 6.07) is 5.56. The molecule has 0 radical (unpaired) electrons. The van der Waals surface area contributed by atoms with Crippen molar-refractivity contribution >= 4 is 5.97 Å². The van der Waals surface area contributed by atoms with Crippen molar-refractivity contribution in [3.63, 3.8) is 0 Å². The lowest BCUT2D eigenvalue weighted by Crippen LogP contribution is -2.32. The molecule has 0 aliphatic carbocycles. The van der Waals surface area contributed by atoms with Gasteiger partial charge in [-0.1, -0.05) is 18.2 Å². The van der Waals surface area contributed by atoms with Crippen LogP contribution in [0.1, 0.15) is 35.6 Å². The van der Waals surface area contributed by atoms with Crippen molar-refractivity contribution in [2.45, 2.75) is 38.8 Å². The molecule has 100 valence electrons. The lowest BCUT2D eigenvalue weighted by molar-refractivity contribution is -0.137. The minimum atomic E-state index is -0.845. The fourth-order valence-electron chi connectivity index (χ4n) is 1.92. The van der Waals surface area contributed by atoms with Crippen molar-refractivity contribution < 1.29 is 15.0 Å². The molecule has 2 unspecified atom stereocenters. The number of carboxylic acid groups (broad SMARTS) is 1. The second kappa shape index (κ2) is 6.52. The van der Waals surface area contributed by atoms with Gasteiger partial charge in [-0.15, -0.1) is 0 Å². The minimum absolute atomic E-state index is 0.0490. The average molecular weight is 251 g/mol. The van der Waals surface area contributed by atoms with Crippen LogP contribution >= 0.6 is 0 Å². The predicted molar refractivity (Wildman–Crippen MR) is 70.6 cm³/mol. The lowest BCUT2D eigenvalue weighted by atomic mass is 9.96. The number of hydrogen-bond donors (Lipinski definition) is 3. The first kappa shape index (κ1) is 14.7. The van der Waals surface area contributed by atoms with E-state index in [0.717, 1.165) is 11.1 Å². The van der Waals surface area contributed by atoms with E-state index in [1.807, 2.05) is 32.0 Å². The maximum atomic E-state index is 10.6. The van der Waals surface area contributed by atoms with Crippen LogP contribution < -0.4 is 5.32 Å².